The highest BCUT2D eigenvalue weighted by Crippen LogP contribution is 2.20. The lowest BCUT2D eigenvalue weighted by molar-refractivity contribution is -0.142. The quantitative estimate of drug-likeness (QED) is 0.0554. The zero-order valence-electron chi connectivity index (χ0n) is 35.0. The van der Waals surface area contributed by atoms with E-state index in [1.54, 1.807) is 37.4 Å². The van der Waals surface area contributed by atoms with Crippen LogP contribution in [0.15, 0.2) is 97.2 Å². The number of unbranched alkanes of at least 4 members (excludes halogenated alkanes) is 1. The molecule has 1 heterocycles. The Balaban J connectivity index is 0.000000909. The number of carboxylic acids is 1. The van der Waals surface area contributed by atoms with Gasteiger partial charge in [0.1, 0.15) is 17.9 Å². The van der Waals surface area contributed by atoms with Gasteiger partial charge in [0, 0.05) is 42.4 Å². The van der Waals surface area contributed by atoms with Crippen LogP contribution in [0.25, 0.3) is 5.69 Å². The van der Waals surface area contributed by atoms with Crippen molar-refractivity contribution in [3.8, 4) is 5.69 Å². The van der Waals surface area contributed by atoms with Crippen LogP contribution in [0.2, 0.25) is 0 Å². The van der Waals surface area contributed by atoms with Crippen LogP contribution in [0.1, 0.15) is 101 Å². The molecule has 0 unspecified atom stereocenters. The standard InChI is InChI=1S/C39H55N5O6.C7H7NO/c1-6-36(46)41-32(38(48)43-31(21-26(2)3)34(45)24-37(47)42-33(39(49)50)22-27(4)5)23-30-25-40-35(44(30)29-18-11-8-12-19-29)20-14-13-17-28-15-9-7-10-16-28;8-7(9)6-4-2-1-3-5-6/h7-12,15-16,18-19,25-27,31-34,45H,6,13-14,17,20-24H2,1-5H3,(H,41,46)(H,42,47)(H,43,48)(H,49,50);1-5H,(H2,8,9)/t31-,32-,33-,34-;/m0./s1. The number of aliphatic hydroxyl groups is 1. The lowest BCUT2D eigenvalue weighted by Crippen LogP contribution is -2.54. The summed E-state index contributed by atoms with van der Waals surface area (Å²) in [7, 11) is 0. The summed E-state index contributed by atoms with van der Waals surface area (Å²) in [4.78, 5) is 66.3. The average Bonchev–Trinajstić information content (AvgIpc) is 3.61. The van der Waals surface area contributed by atoms with E-state index < -0.39 is 42.0 Å². The second-order valence-electron chi connectivity index (χ2n) is 15.5. The van der Waals surface area contributed by atoms with Crippen molar-refractivity contribution in [1.82, 2.24) is 25.5 Å². The first-order valence-electron chi connectivity index (χ1n) is 20.5. The molecule has 59 heavy (non-hydrogen) atoms. The third kappa shape index (κ3) is 16.9. The molecule has 0 saturated carbocycles. The van der Waals surface area contributed by atoms with E-state index in [1.165, 1.54) is 5.56 Å². The van der Waals surface area contributed by atoms with Crippen LogP contribution in [0.3, 0.4) is 0 Å². The van der Waals surface area contributed by atoms with Gasteiger partial charge in [-0.15, -0.1) is 0 Å². The van der Waals surface area contributed by atoms with Crippen molar-refractivity contribution in [1.29, 1.82) is 0 Å². The third-order valence-electron chi connectivity index (χ3n) is 9.58. The number of hydrogen-bond donors (Lipinski definition) is 6. The lowest BCUT2D eigenvalue weighted by atomic mass is 9.96. The maximum atomic E-state index is 13.9. The predicted molar refractivity (Wildman–Crippen MR) is 229 cm³/mol. The highest BCUT2D eigenvalue weighted by molar-refractivity contribution is 5.92. The molecule has 7 N–H and O–H groups in total. The van der Waals surface area contributed by atoms with Gasteiger partial charge >= 0.3 is 5.97 Å². The molecule has 318 valence electrons. The Bertz CT molecular complexity index is 1900. The lowest BCUT2D eigenvalue weighted by Gasteiger charge is -2.28. The van der Waals surface area contributed by atoms with Gasteiger partial charge in [0.15, 0.2) is 0 Å². The molecular weight excluding hydrogens is 749 g/mol. The molecule has 13 nitrogen and oxygen atoms in total. The molecule has 0 aliphatic carbocycles. The van der Waals surface area contributed by atoms with Crippen molar-refractivity contribution in [2.24, 2.45) is 17.6 Å². The highest BCUT2D eigenvalue weighted by atomic mass is 16.4. The summed E-state index contributed by atoms with van der Waals surface area (Å²) in [5, 5.41) is 29.0. The van der Waals surface area contributed by atoms with E-state index in [9.17, 15) is 34.2 Å². The summed E-state index contributed by atoms with van der Waals surface area (Å²) in [6.07, 6.45) is 4.60. The number of nitrogens with two attached hydrogens (primary N) is 1. The van der Waals surface area contributed by atoms with Gasteiger partial charge in [0.25, 0.3) is 0 Å². The number of hydrogen-bond acceptors (Lipinski definition) is 7. The van der Waals surface area contributed by atoms with Crippen LogP contribution >= 0.6 is 0 Å². The summed E-state index contributed by atoms with van der Waals surface area (Å²) < 4.78 is 2.04. The van der Waals surface area contributed by atoms with E-state index in [2.05, 4.69) is 28.1 Å². The van der Waals surface area contributed by atoms with Crippen LogP contribution in [0, 0.1) is 11.8 Å². The number of carboxylic acid groups (broad SMARTS) is 1. The van der Waals surface area contributed by atoms with E-state index in [1.807, 2.05) is 86.9 Å². The number of rotatable bonds is 22. The molecule has 3 aromatic carbocycles. The fourth-order valence-electron chi connectivity index (χ4n) is 6.60. The molecule has 4 aromatic rings. The van der Waals surface area contributed by atoms with Crippen LogP contribution in [-0.2, 0) is 38.4 Å². The van der Waals surface area contributed by atoms with E-state index in [-0.39, 0.29) is 49.3 Å². The average molecular weight is 811 g/mol. The molecule has 1 aromatic heterocycles. The van der Waals surface area contributed by atoms with Crippen molar-refractivity contribution in [2.45, 2.75) is 117 Å². The molecule has 0 aliphatic heterocycles. The van der Waals surface area contributed by atoms with Gasteiger partial charge in [-0.25, -0.2) is 9.78 Å². The number of nitrogens with zero attached hydrogens (tertiary/aromatic N) is 2. The maximum absolute atomic E-state index is 13.9. The summed E-state index contributed by atoms with van der Waals surface area (Å²) in [5.41, 5.74) is 8.46. The predicted octanol–water partition coefficient (Wildman–Crippen LogP) is 5.56. The number of aryl methyl sites for hydroxylation is 2. The molecule has 0 fully saturated rings. The summed E-state index contributed by atoms with van der Waals surface area (Å²) >= 11 is 0. The number of nitrogens with one attached hydrogen (secondary N) is 3. The first kappa shape index (κ1) is 47.6. The number of para-hydroxylation sites is 1. The van der Waals surface area contributed by atoms with Gasteiger partial charge < -0.3 is 36.5 Å². The van der Waals surface area contributed by atoms with E-state index in [0.717, 1.165) is 42.9 Å². The Morgan fingerprint density at radius 1 is 0.729 bits per heavy atom. The minimum atomic E-state index is -1.28. The van der Waals surface area contributed by atoms with Crippen LogP contribution in [0.5, 0.6) is 0 Å². The molecule has 0 saturated heterocycles. The summed E-state index contributed by atoms with van der Waals surface area (Å²) in [6.45, 7) is 9.30. The van der Waals surface area contributed by atoms with Crippen LogP contribution in [-0.4, -0.2) is 73.6 Å². The molecular formula is C46H62N6O7. The van der Waals surface area contributed by atoms with Gasteiger partial charge in [-0.2, -0.15) is 0 Å². The fraction of sp³-hybridized carbons (Fsp3) is 0.435. The first-order valence-corrected chi connectivity index (χ1v) is 20.5. The molecule has 0 radical (unpaired) electrons. The van der Waals surface area contributed by atoms with Gasteiger partial charge in [-0.1, -0.05) is 101 Å². The number of aliphatic carboxylic acids is 1. The van der Waals surface area contributed by atoms with Crippen molar-refractivity contribution < 1.29 is 34.2 Å². The zero-order valence-corrected chi connectivity index (χ0v) is 35.0. The Hall–Kier alpha value is -5.82. The largest absolute Gasteiger partial charge is 0.480 e. The van der Waals surface area contributed by atoms with Crippen molar-refractivity contribution >= 4 is 29.6 Å². The van der Waals surface area contributed by atoms with E-state index in [4.69, 9.17) is 10.7 Å². The molecule has 4 amide bonds. The number of aromatic nitrogens is 2. The van der Waals surface area contributed by atoms with Gasteiger partial charge in [-0.3, -0.25) is 19.2 Å². The van der Waals surface area contributed by atoms with Gasteiger partial charge in [0.05, 0.1) is 18.6 Å². The number of imidazole rings is 1. The van der Waals surface area contributed by atoms with Gasteiger partial charge in [-0.05, 0) is 73.8 Å². The van der Waals surface area contributed by atoms with Crippen molar-refractivity contribution in [3.05, 3.63) is 120 Å². The monoisotopic (exact) mass is 810 g/mol. The minimum absolute atomic E-state index is 0.0403. The number of amides is 4. The van der Waals surface area contributed by atoms with Crippen molar-refractivity contribution in [2.75, 3.05) is 0 Å². The number of primary amides is 1. The van der Waals surface area contributed by atoms with Crippen LogP contribution in [0.4, 0.5) is 0 Å². The minimum Gasteiger partial charge on any atom is -0.480 e. The Morgan fingerprint density at radius 2 is 1.29 bits per heavy atom. The molecule has 0 aliphatic rings. The van der Waals surface area contributed by atoms with Gasteiger partial charge in [0.2, 0.25) is 23.6 Å². The second-order valence-corrected chi connectivity index (χ2v) is 15.5. The topological polar surface area (TPSA) is 206 Å². The molecule has 4 atom stereocenters. The molecule has 13 heteroatoms. The molecule has 0 bridgehead atoms. The van der Waals surface area contributed by atoms with Crippen LogP contribution < -0.4 is 21.7 Å². The molecule has 0 spiro atoms. The van der Waals surface area contributed by atoms with Crippen molar-refractivity contribution in [3.63, 3.8) is 0 Å². The summed E-state index contributed by atoms with van der Waals surface area (Å²) in [6, 6.07) is 26.0. The molecule has 4 rings (SSSR count). The smallest absolute Gasteiger partial charge is 0.326 e. The Morgan fingerprint density at radius 3 is 1.83 bits per heavy atom. The maximum Gasteiger partial charge on any atom is 0.326 e. The first-order chi connectivity index (χ1) is 28.2. The number of aliphatic hydroxyl groups excluding tert-OH is 1. The van der Waals surface area contributed by atoms with E-state index in [0.29, 0.717) is 12.0 Å². The summed E-state index contributed by atoms with van der Waals surface area (Å²) in [5.74, 6) is -1.99. The number of carbonyl (C=O) groups is 5. The number of benzene rings is 3. The fourth-order valence-corrected chi connectivity index (χ4v) is 6.60. The SMILES string of the molecule is CCC(=O)N[C@@H](Cc1cnc(CCCCc2ccccc2)n1-c1ccccc1)C(=O)N[C@@H](CC(C)C)[C@@H](O)CC(=O)N[C@@H](CC(C)C)C(=O)O.NC(=O)c1ccccc1. The number of carbonyl (C=O) groups excluding carboxylic acids is 4. The Kier molecular flexibility index (Phi) is 20.0. The third-order valence-corrected chi connectivity index (χ3v) is 9.58. The zero-order chi connectivity index (χ0) is 43.3. The normalized spacial score (nSPS) is 13.0. The highest BCUT2D eigenvalue weighted by Gasteiger charge is 2.31. The Labute approximate surface area is 348 Å². The van der Waals surface area contributed by atoms with E-state index >= 15 is 0 Å². The second kappa shape index (κ2) is 24.8.